The monoisotopic (exact) mass is 348 g/mol. The Morgan fingerprint density at radius 3 is 2.35 bits per heavy atom. The number of hydrogen-bond acceptors (Lipinski definition) is 4. The van der Waals surface area contributed by atoms with Crippen LogP contribution in [0.4, 0.5) is 0 Å². The number of rotatable bonds is 5. The number of carbonyl (C=O) groups excluding carboxylic acids is 1. The molecule has 132 valence electrons. The van der Waals surface area contributed by atoms with Crippen LogP contribution in [0.2, 0.25) is 0 Å². The van der Waals surface area contributed by atoms with Crippen LogP contribution in [0.25, 0.3) is 10.8 Å². The Bertz CT molecular complexity index is 974. The number of carbonyl (C=O) groups is 1. The van der Waals surface area contributed by atoms with Gasteiger partial charge in [-0.15, -0.1) is 0 Å². The molecule has 0 saturated carbocycles. The summed E-state index contributed by atoms with van der Waals surface area (Å²) in [5, 5.41) is 1.58. The number of fused-ring (bicyclic) bond motifs is 1. The van der Waals surface area contributed by atoms with E-state index in [-0.39, 0.29) is 0 Å². The first kappa shape index (κ1) is 17.5. The molecule has 0 bridgehead atoms. The lowest BCUT2D eigenvalue weighted by atomic mass is 10.0. The largest absolute Gasteiger partial charge is 0.496 e. The summed E-state index contributed by atoms with van der Waals surface area (Å²) in [5.41, 5.74) is 1.39. The molecule has 0 aliphatic heterocycles. The Morgan fingerprint density at radius 1 is 0.962 bits per heavy atom. The van der Waals surface area contributed by atoms with Gasteiger partial charge in [0.2, 0.25) is 0 Å². The van der Waals surface area contributed by atoms with Gasteiger partial charge in [0.05, 0.1) is 7.11 Å². The molecule has 0 unspecified atom stereocenters. The minimum atomic E-state index is -0.505. The van der Waals surface area contributed by atoms with Crippen LogP contribution in [0, 0.1) is 6.92 Å². The van der Waals surface area contributed by atoms with Crippen molar-refractivity contribution in [2.45, 2.75) is 13.8 Å². The molecule has 0 aliphatic rings. The minimum Gasteiger partial charge on any atom is -0.496 e. The molecule has 0 aromatic heterocycles. The standard InChI is InChI=1S/C22H20O4/c1-14(2)22(23)26-21-17-11-10-15(3)12-18(17)19(24-4)13-20(21)25-16-8-6-5-7-9-16/h5-13H,1H2,2-4H3. The number of hydrogen-bond donors (Lipinski definition) is 0. The van der Waals surface area contributed by atoms with E-state index < -0.39 is 5.97 Å². The fourth-order valence-corrected chi connectivity index (χ4v) is 2.60. The third kappa shape index (κ3) is 3.54. The molecule has 0 spiro atoms. The fourth-order valence-electron chi connectivity index (χ4n) is 2.60. The molecule has 4 heteroatoms. The SMILES string of the molecule is C=C(C)C(=O)Oc1c(Oc2ccccc2)cc(OC)c2cc(C)ccc12. The van der Waals surface area contributed by atoms with Crippen LogP contribution >= 0.6 is 0 Å². The summed E-state index contributed by atoms with van der Waals surface area (Å²) in [5.74, 6) is 1.52. The van der Waals surface area contributed by atoms with Crippen molar-refractivity contribution >= 4 is 16.7 Å². The van der Waals surface area contributed by atoms with Crippen molar-refractivity contribution in [1.82, 2.24) is 0 Å². The number of benzene rings is 3. The number of aryl methyl sites for hydroxylation is 1. The minimum absolute atomic E-state index is 0.312. The summed E-state index contributed by atoms with van der Waals surface area (Å²) < 4.78 is 17.1. The summed E-state index contributed by atoms with van der Waals surface area (Å²) >= 11 is 0. The number of esters is 1. The van der Waals surface area contributed by atoms with Gasteiger partial charge < -0.3 is 14.2 Å². The third-order valence-corrected chi connectivity index (χ3v) is 3.91. The Balaban J connectivity index is 2.21. The second kappa shape index (κ2) is 7.31. The number of para-hydroxylation sites is 1. The Hall–Kier alpha value is -3.27. The number of methoxy groups -OCH3 is 1. The second-order valence-corrected chi connectivity index (χ2v) is 6.04. The molecule has 0 amide bonds. The van der Waals surface area contributed by atoms with Crippen LogP contribution in [0.3, 0.4) is 0 Å². The van der Waals surface area contributed by atoms with Crippen molar-refractivity contribution in [3.63, 3.8) is 0 Å². The van der Waals surface area contributed by atoms with E-state index in [0.717, 1.165) is 16.3 Å². The van der Waals surface area contributed by atoms with Gasteiger partial charge in [-0.2, -0.15) is 0 Å². The van der Waals surface area contributed by atoms with Crippen molar-refractivity contribution in [3.05, 3.63) is 72.3 Å². The smallest absolute Gasteiger partial charge is 0.338 e. The molecule has 3 aromatic rings. The van der Waals surface area contributed by atoms with E-state index in [9.17, 15) is 4.79 Å². The van der Waals surface area contributed by atoms with Gasteiger partial charge in [-0.1, -0.05) is 42.5 Å². The first-order valence-corrected chi connectivity index (χ1v) is 8.21. The molecule has 0 atom stereocenters. The first-order valence-electron chi connectivity index (χ1n) is 8.21. The highest BCUT2D eigenvalue weighted by Crippen LogP contribution is 2.43. The molecule has 0 radical (unpaired) electrons. The highest BCUT2D eigenvalue weighted by Gasteiger charge is 2.19. The van der Waals surface area contributed by atoms with E-state index in [2.05, 4.69) is 6.58 Å². The van der Waals surface area contributed by atoms with Crippen LogP contribution in [0.15, 0.2) is 66.7 Å². The van der Waals surface area contributed by atoms with Gasteiger partial charge in [-0.3, -0.25) is 0 Å². The Labute approximate surface area is 152 Å². The van der Waals surface area contributed by atoms with Gasteiger partial charge in [0, 0.05) is 22.4 Å². The van der Waals surface area contributed by atoms with E-state index in [1.165, 1.54) is 0 Å². The highest BCUT2D eigenvalue weighted by molar-refractivity contribution is 5.99. The molecule has 3 rings (SSSR count). The van der Waals surface area contributed by atoms with Gasteiger partial charge in [0.15, 0.2) is 11.5 Å². The Kier molecular flexibility index (Phi) is 4.94. The summed E-state index contributed by atoms with van der Waals surface area (Å²) in [6.45, 7) is 7.25. The van der Waals surface area contributed by atoms with Crippen molar-refractivity contribution in [3.8, 4) is 23.0 Å². The molecule has 26 heavy (non-hydrogen) atoms. The van der Waals surface area contributed by atoms with Crippen molar-refractivity contribution in [2.75, 3.05) is 7.11 Å². The lowest BCUT2D eigenvalue weighted by Crippen LogP contribution is -2.09. The lowest BCUT2D eigenvalue weighted by molar-refractivity contribution is -0.130. The zero-order valence-corrected chi connectivity index (χ0v) is 15.0. The molecule has 0 fully saturated rings. The normalized spacial score (nSPS) is 10.4. The topological polar surface area (TPSA) is 44.8 Å². The summed E-state index contributed by atoms with van der Waals surface area (Å²) in [6.07, 6.45) is 0. The average molecular weight is 348 g/mol. The second-order valence-electron chi connectivity index (χ2n) is 6.04. The van der Waals surface area contributed by atoms with Crippen LogP contribution in [-0.4, -0.2) is 13.1 Å². The summed E-state index contributed by atoms with van der Waals surface area (Å²) in [6, 6.07) is 16.9. The summed E-state index contributed by atoms with van der Waals surface area (Å²) in [7, 11) is 1.60. The maximum absolute atomic E-state index is 12.2. The van der Waals surface area contributed by atoms with Crippen LogP contribution in [0.1, 0.15) is 12.5 Å². The molecule has 0 saturated heterocycles. The van der Waals surface area contributed by atoms with E-state index in [0.29, 0.717) is 28.6 Å². The summed E-state index contributed by atoms with van der Waals surface area (Å²) in [4.78, 5) is 12.2. The lowest BCUT2D eigenvalue weighted by Gasteiger charge is -2.17. The van der Waals surface area contributed by atoms with Crippen LogP contribution in [-0.2, 0) is 4.79 Å². The van der Waals surface area contributed by atoms with E-state index >= 15 is 0 Å². The van der Waals surface area contributed by atoms with Gasteiger partial charge >= 0.3 is 5.97 Å². The van der Waals surface area contributed by atoms with Gasteiger partial charge in [-0.05, 0) is 32.0 Å². The third-order valence-electron chi connectivity index (χ3n) is 3.91. The fraction of sp³-hybridized carbons (Fsp3) is 0.136. The predicted molar refractivity (Wildman–Crippen MR) is 102 cm³/mol. The van der Waals surface area contributed by atoms with Crippen molar-refractivity contribution < 1.29 is 19.0 Å². The molecule has 0 N–H and O–H groups in total. The van der Waals surface area contributed by atoms with E-state index in [1.807, 2.05) is 55.5 Å². The maximum Gasteiger partial charge on any atom is 0.338 e. The molecule has 3 aromatic carbocycles. The molecule has 0 aliphatic carbocycles. The Morgan fingerprint density at radius 2 is 1.69 bits per heavy atom. The first-order chi connectivity index (χ1) is 12.5. The molecule has 0 heterocycles. The zero-order valence-electron chi connectivity index (χ0n) is 15.0. The van der Waals surface area contributed by atoms with Crippen LogP contribution in [0.5, 0.6) is 23.0 Å². The van der Waals surface area contributed by atoms with Crippen molar-refractivity contribution in [2.24, 2.45) is 0 Å². The van der Waals surface area contributed by atoms with Gasteiger partial charge in [0.1, 0.15) is 11.5 Å². The van der Waals surface area contributed by atoms with Crippen LogP contribution < -0.4 is 14.2 Å². The quantitative estimate of drug-likeness (QED) is 0.350. The zero-order chi connectivity index (χ0) is 18.7. The van der Waals surface area contributed by atoms with Gasteiger partial charge in [0.25, 0.3) is 0 Å². The molecular weight excluding hydrogens is 328 g/mol. The molecular formula is C22H20O4. The maximum atomic E-state index is 12.2. The number of ether oxygens (including phenoxy) is 3. The average Bonchev–Trinajstić information content (AvgIpc) is 2.63. The predicted octanol–water partition coefficient (Wildman–Crippen LogP) is 5.43. The van der Waals surface area contributed by atoms with Crippen molar-refractivity contribution in [1.29, 1.82) is 0 Å². The molecule has 4 nitrogen and oxygen atoms in total. The van der Waals surface area contributed by atoms with E-state index in [4.69, 9.17) is 14.2 Å². The van der Waals surface area contributed by atoms with E-state index in [1.54, 1.807) is 20.1 Å². The van der Waals surface area contributed by atoms with Gasteiger partial charge in [-0.25, -0.2) is 4.79 Å². The highest BCUT2D eigenvalue weighted by atomic mass is 16.6.